The maximum Gasteiger partial charge on any atom is 0.508 e. The SMILES string of the molecule is C[C@H](C=CCO)OC(=O)OCC1c2ccccc2-c2ccccc21. The second-order valence-corrected chi connectivity index (χ2v) is 5.72. The quantitative estimate of drug-likeness (QED) is 0.670. The van der Waals surface area contributed by atoms with E-state index in [0.29, 0.717) is 0 Å². The van der Waals surface area contributed by atoms with Gasteiger partial charge in [0, 0.05) is 5.92 Å². The van der Waals surface area contributed by atoms with Crippen LogP contribution in [0, 0.1) is 0 Å². The smallest absolute Gasteiger partial charge is 0.433 e. The van der Waals surface area contributed by atoms with Crippen molar-refractivity contribution in [3.8, 4) is 11.1 Å². The Hall–Kier alpha value is -2.59. The molecule has 124 valence electrons. The van der Waals surface area contributed by atoms with Crippen molar-refractivity contribution < 1.29 is 19.4 Å². The molecular formula is C20H20O4. The van der Waals surface area contributed by atoms with Crippen LogP contribution < -0.4 is 0 Å². The third-order valence-electron chi connectivity index (χ3n) is 4.13. The van der Waals surface area contributed by atoms with E-state index < -0.39 is 12.3 Å². The van der Waals surface area contributed by atoms with Crippen LogP contribution in [0.1, 0.15) is 24.0 Å². The first-order valence-electron chi connectivity index (χ1n) is 8.00. The van der Waals surface area contributed by atoms with Crippen molar-refractivity contribution in [3.05, 3.63) is 71.8 Å². The summed E-state index contributed by atoms with van der Waals surface area (Å²) in [6.45, 7) is 1.87. The number of carbonyl (C=O) groups excluding carboxylic acids is 1. The Labute approximate surface area is 141 Å². The van der Waals surface area contributed by atoms with Gasteiger partial charge in [-0.15, -0.1) is 0 Å². The molecule has 0 aromatic heterocycles. The Balaban J connectivity index is 1.69. The molecular weight excluding hydrogens is 304 g/mol. The molecule has 4 nitrogen and oxygen atoms in total. The summed E-state index contributed by atoms with van der Waals surface area (Å²) in [7, 11) is 0. The van der Waals surface area contributed by atoms with Gasteiger partial charge in [0.2, 0.25) is 0 Å². The summed E-state index contributed by atoms with van der Waals surface area (Å²) < 4.78 is 10.5. The third kappa shape index (κ3) is 3.34. The topological polar surface area (TPSA) is 55.8 Å². The lowest BCUT2D eigenvalue weighted by atomic mass is 9.98. The van der Waals surface area contributed by atoms with Gasteiger partial charge >= 0.3 is 6.16 Å². The van der Waals surface area contributed by atoms with E-state index in [4.69, 9.17) is 14.6 Å². The van der Waals surface area contributed by atoms with E-state index >= 15 is 0 Å². The Morgan fingerprint density at radius 2 is 1.71 bits per heavy atom. The van der Waals surface area contributed by atoms with Gasteiger partial charge < -0.3 is 14.6 Å². The van der Waals surface area contributed by atoms with Gasteiger partial charge in [-0.05, 0) is 35.3 Å². The Morgan fingerprint density at radius 1 is 1.12 bits per heavy atom. The number of rotatable bonds is 5. The van der Waals surface area contributed by atoms with Gasteiger partial charge in [0.05, 0.1) is 6.61 Å². The highest BCUT2D eigenvalue weighted by Crippen LogP contribution is 2.44. The van der Waals surface area contributed by atoms with E-state index in [1.54, 1.807) is 13.0 Å². The number of benzene rings is 2. The van der Waals surface area contributed by atoms with Gasteiger partial charge in [-0.25, -0.2) is 4.79 Å². The van der Waals surface area contributed by atoms with Crippen LogP contribution in [-0.2, 0) is 9.47 Å². The Bertz CT molecular complexity index is 705. The van der Waals surface area contributed by atoms with Crippen LogP contribution in [0.4, 0.5) is 4.79 Å². The highest BCUT2D eigenvalue weighted by atomic mass is 16.7. The molecule has 1 aliphatic rings. The van der Waals surface area contributed by atoms with Gasteiger partial charge in [-0.2, -0.15) is 0 Å². The molecule has 0 spiro atoms. The normalized spacial score (nSPS) is 14.2. The minimum absolute atomic E-state index is 0.0215. The zero-order valence-electron chi connectivity index (χ0n) is 13.5. The zero-order chi connectivity index (χ0) is 16.9. The average molecular weight is 324 g/mol. The van der Waals surface area contributed by atoms with E-state index in [1.165, 1.54) is 28.3 Å². The minimum Gasteiger partial charge on any atom is -0.433 e. The minimum atomic E-state index is -0.702. The van der Waals surface area contributed by atoms with Crippen LogP contribution in [0.15, 0.2) is 60.7 Å². The summed E-state index contributed by atoms with van der Waals surface area (Å²) in [6, 6.07) is 16.4. The monoisotopic (exact) mass is 324 g/mol. The predicted molar refractivity (Wildman–Crippen MR) is 91.8 cm³/mol. The maximum absolute atomic E-state index is 11.9. The molecule has 0 fully saturated rings. The van der Waals surface area contributed by atoms with Gasteiger partial charge in [0.1, 0.15) is 12.7 Å². The van der Waals surface area contributed by atoms with Crippen molar-refractivity contribution in [2.45, 2.75) is 18.9 Å². The highest BCUT2D eigenvalue weighted by Gasteiger charge is 2.29. The lowest BCUT2D eigenvalue weighted by Gasteiger charge is -2.15. The summed E-state index contributed by atoms with van der Waals surface area (Å²) in [6.07, 6.45) is 2.00. The van der Waals surface area contributed by atoms with Gasteiger partial charge in [-0.3, -0.25) is 0 Å². The first kappa shape index (κ1) is 16.3. The summed E-state index contributed by atoms with van der Waals surface area (Å²) in [5.74, 6) is 0.0215. The van der Waals surface area contributed by atoms with Gasteiger partial charge in [-0.1, -0.05) is 54.6 Å². The van der Waals surface area contributed by atoms with Crippen molar-refractivity contribution in [2.24, 2.45) is 0 Å². The van der Waals surface area contributed by atoms with Crippen LogP contribution >= 0.6 is 0 Å². The molecule has 0 saturated heterocycles. The fourth-order valence-corrected chi connectivity index (χ4v) is 3.07. The molecule has 1 N–H and O–H groups in total. The van der Waals surface area contributed by atoms with Crippen molar-refractivity contribution >= 4 is 6.16 Å². The zero-order valence-corrected chi connectivity index (χ0v) is 13.5. The first-order valence-corrected chi connectivity index (χ1v) is 8.00. The first-order chi connectivity index (χ1) is 11.7. The number of aliphatic hydroxyl groups is 1. The summed E-state index contributed by atoms with van der Waals surface area (Å²) in [4.78, 5) is 11.9. The van der Waals surface area contributed by atoms with Crippen LogP contribution in [0.25, 0.3) is 11.1 Å². The van der Waals surface area contributed by atoms with Gasteiger partial charge in [0.25, 0.3) is 0 Å². The Morgan fingerprint density at radius 3 is 2.29 bits per heavy atom. The number of hydrogen-bond acceptors (Lipinski definition) is 4. The van der Waals surface area contributed by atoms with Gasteiger partial charge in [0.15, 0.2) is 0 Å². The van der Waals surface area contributed by atoms with Crippen LogP contribution in [0.2, 0.25) is 0 Å². The van der Waals surface area contributed by atoms with Crippen molar-refractivity contribution in [3.63, 3.8) is 0 Å². The van der Waals surface area contributed by atoms with Crippen molar-refractivity contribution in [1.29, 1.82) is 0 Å². The molecule has 0 bridgehead atoms. The van der Waals surface area contributed by atoms with Crippen LogP contribution in [-0.4, -0.2) is 30.6 Å². The average Bonchev–Trinajstić information content (AvgIpc) is 2.92. The molecule has 1 aliphatic carbocycles. The summed E-state index contributed by atoms with van der Waals surface area (Å²) >= 11 is 0. The third-order valence-corrected chi connectivity index (χ3v) is 4.13. The van der Waals surface area contributed by atoms with Crippen molar-refractivity contribution in [1.82, 2.24) is 0 Å². The Kier molecular flexibility index (Phi) is 4.96. The molecule has 0 saturated carbocycles. The van der Waals surface area contributed by atoms with E-state index in [2.05, 4.69) is 24.3 Å². The maximum atomic E-state index is 11.9. The predicted octanol–water partition coefficient (Wildman–Crippen LogP) is 3.89. The summed E-state index contributed by atoms with van der Waals surface area (Å²) in [5, 5.41) is 8.72. The largest absolute Gasteiger partial charge is 0.508 e. The molecule has 0 amide bonds. The number of aliphatic hydroxyl groups excluding tert-OH is 1. The molecule has 0 unspecified atom stereocenters. The van der Waals surface area contributed by atoms with Crippen LogP contribution in [0.3, 0.4) is 0 Å². The highest BCUT2D eigenvalue weighted by molar-refractivity contribution is 5.78. The molecule has 0 radical (unpaired) electrons. The lowest BCUT2D eigenvalue weighted by Crippen LogP contribution is -2.17. The van der Waals surface area contributed by atoms with E-state index in [1.807, 2.05) is 24.3 Å². The molecule has 0 aliphatic heterocycles. The number of ether oxygens (including phenoxy) is 2. The molecule has 2 aromatic carbocycles. The van der Waals surface area contributed by atoms with E-state index in [-0.39, 0.29) is 19.1 Å². The van der Waals surface area contributed by atoms with Crippen LogP contribution in [0.5, 0.6) is 0 Å². The number of carbonyl (C=O) groups is 1. The molecule has 2 aromatic rings. The fourth-order valence-electron chi connectivity index (χ4n) is 3.07. The lowest BCUT2D eigenvalue weighted by molar-refractivity contribution is 0.0401. The second-order valence-electron chi connectivity index (χ2n) is 5.72. The van der Waals surface area contributed by atoms with Crippen molar-refractivity contribution in [2.75, 3.05) is 13.2 Å². The summed E-state index contributed by atoms with van der Waals surface area (Å²) in [5.41, 5.74) is 4.71. The fraction of sp³-hybridized carbons (Fsp3) is 0.250. The second kappa shape index (κ2) is 7.32. The molecule has 4 heteroatoms. The van der Waals surface area contributed by atoms with E-state index in [9.17, 15) is 4.79 Å². The number of hydrogen-bond donors (Lipinski definition) is 1. The molecule has 3 rings (SSSR count). The standard InChI is InChI=1S/C20H20O4/c1-14(7-6-12-21)24-20(22)23-13-19-17-10-4-2-8-15(17)16-9-3-5-11-18(16)19/h2-11,14,19,21H,12-13H2,1H3/t14-/m1/s1. The number of fused-ring (bicyclic) bond motifs is 3. The van der Waals surface area contributed by atoms with E-state index in [0.717, 1.165) is 0 Å². The molecule has 1 atom stereocenters. The molecule has 24 heavy (non-hydrogen) atoms. The molecule has 0 heterocycles.